The van der Waals surface area contributed by atoms with E-state index in [-0.39, 0.29) is 12.3 Å². The van der Waals surface area contributed by atoms with Crippen LogP contribution in [0.15, 0.2) is 0 Å². The molecule has 1 aliphatic carbocycles. The molecule has 2 atom stereocenters. The molecular weight excluding hydrogens is 361 g/mol. The summed E-state index contributed by atoms with van der Waals surface area (Å²) in [5.41, 5.74) is 0. The van der Waals surface area contributed by atoms with E-state index >= 15 is 0 Å². The van der Waals surface area contributed by atoms with Crippen LogP contribution in [0.1, 0.15) is 65.2 Å². The van der Waals surface area contributed by atoms with Crippen LogP contribution in [0, 0.1) is 5.92 Å². The molecule has 8 nitrogen and oxygen atoms in total. The summed E-state index contributed by atoms with van der Waals surface area (Å²) < 4.78 is 5.32. The summed E-state index contributed by atoms with van der Waals surface area (Å²) in [6.45, 7) is 6.22. The Morgan fingerprint density at radius 1 is 1.07 bits per heavy atom. The van der Waals surface area contributed by atoms with Crippen LogP contribution in [-0.4, -0.2) is 66.3 Å². The topological polar surface area (TPSA) is 120 Å². The number of carboxylic acids is 1. The number of amides is 1. The first-order valence-corrected chi connectivity index (χ1v) is 10.6. The molecule has 1 aliphatic heterocycles. The number of hydrogen-bond acceptors (Lipinski definition) is 6. The Morgan fingerprint density at radius 3 is 2.39 bits per heavy atom. The van der Waals surface area contributed by atoms with Crippen molar-refractivity contribution in [1.82, 2.24) is 16.0 Å². The molecule has 5 N–H and O–H groups in total. The third-order valence-electron chi connectivity index (χ3n) is 5.66. The molecule has 2 rings (SSSR count). The maximum atomic E-state index is 12.3. The maximum absolute atomic E-state index is 12.3. The molecule has 9 heteroatoms. The van der Waals surface area contributed by atoms with Crippen molar-refractivity contribution in [1.29, 1.82) is 0 Å². The second-order valence-electron chi connectivity index (χ2n) is 8.48. The third-order valence-corrected chi connectivity index (χ3v) is 5.66. The van der Waals surface area contributed by atoms with E-state index in [4.69, 9.17) is 9.76 Å². The molecule has 1 saturated heterocycles. The zero-order chi connectivity index (χ0) is 20.5. The Balaban J connectivity index is 1.60. The van der Waals surface area contributed by atoms with Gasteiger partial charge in [0.15, 0.2) is 0 Å². The molecule has 1 amide bonds. The van der Waals surface area contributed by atoms with Gasteiger partial charge in [0, 0.05) is 31.6 Å². The minimum atomic E-state index is -1.14. The number of rotatable bonds is 10. The van der Waals surface area contributed by atoms with Crippen LogP contribution in [0.2, 0.25) is 0 Å². The van der Waals surface area contributed by atoms with Gasteiger partial charge in [-0.25, -0.2) is 0 Å². The van der Waals surface area contributed by atoms with Crippen LogP contribution >= 0.6 is 0 Å². The van der Waals surface area contributed by atoms with E-state index in [0.717, 1.165) is 38.8 Å². The van der Waals surface area contributed by atoms with Gasteiger partial charge in [0.1, 0.15) is 0 Å². The molecule has 28 heavy (non-hydrogen) atoms. The number of carbonyl (C=O) groups is 2. The average Bonchev–Trinajstić information content (AvgIpc) is 2.62. The van der Waals surface area contributed by atoms with Crippen LogP contribution in [0.5, 0.6) is 0 Å². The fourth-order valence-electron chi connectivity index (χ4n) is 4.09. The molecule has 1 saturated carbocycles. The lowest BCUT2D eigenvalue weighted by molar-refractivity contribution is -0.139. The standard InChI is InChI=1S/C19H36BN3O5/c1-13(2)21-9-10-22-15-5-3-14(4-6-15)11-18(24)23-17-8-7-16(12-19(25)26)28-20(17)27/h13-17,21-22,27H,3-12H2,1-2H3,(H,23,24)(H,25,26)/t14-,15-,16-,17-/m0/s1. The first kappa shape index (κ1) is 23.1. The van der Waals surface area contributed by atoms with Crippen LogP contribution in [0.3, 0.4) is 0 Å². The van der Waals surface area contributed by atoms with E-state index in [9.17, 15) is 14.6 Å². The van der Waals surface area contributed by atoms with Crippen molar-refractivity contribution in [2.45, 2.75) is 89.3 Å². The molecule has 0 spiro atoms. The second kappa shape index (κ2) is 11.8. The summed E-state index contributed by atoms with van der Waals surface area (Å²) in [7, 11) is -1.14. The summed E-state index contributed by atoms with van der Waals surface area (Å²) in [4.78, 5) is 23.1. The van der Waals surface area contributed by atoms with E-state index in [1.54, 1.807) is 0 Å². The van der Waals surface area contributed by atoms with Crippen LogP contribution in [-0.2, 0) is 14.2 Å². The number of aliphatic carboxylic acids is 1. The van der Waals surface area contributed by atoms with Gasteiger partial charge in [-0.05, 0) is 44.4 Å². The number of carbonyl (C=O) groups excluding carboxylic acids is 1. The summed E-state index contributed by atoms with van der Waals surface area (Å²) in [5, 5.41) is 28.7. The minimum Gasteiger partial charge on any atom is -0.481 e. The van der Waals surface area contributed by atoms with Gasteiger partial charge < -0.3 is 30.7 Å². The number of nitrogens with one attached hydrogen (secondary N) is 3. The Labute approximate surface area is 168 Å². The number of carboxylic acid groups (broad SMARTS) is 1. The lowest BCUT2D eigenvalue weighted by atomic mass is 9.72. The highest BCUT2D eigenvalue weighted by atomic mass is 16.5. The summed E-state index contributed by atoms with van der Waals surface area (Å²) in [5.74, 6) is -1.07. The van der Waals surface area contributed by atoms with Gasteiger partial charge in [0.25, 0.3) is 0 Å². The quantitative estimate of drug-likeness (QED) is 0.272. The Kier molecular flexibility index (Phi) is 9.71. The Bertz CT molecular complexity index is 500. The normalized spacial score (nSPS) is 28.4. The monoisotopic (exact) mass is 397 g/mol. The SMILES string of the molecule is CC(C)NCCN[C@H]1CC[C@H](CC(=O)N[C@H]2CC[C@@H](CC(=O)O)OB2O)CC1. The van der Waals surface area contributed by atoms with Gasteiger partial charge >= 0.3 is 13.1 Å². The molecule has 2 aliphatic rings. The molecule has 2 fully saturated rings. The lowest BCUT2D eigenvalue weighted by Gasteiger charge is -2.32. The number of hydrogen-bond donors (Lipinski definition) is 5. The van der Waals surface area contributed by atoms with Crippen LogP contribution < -0.4 is 16.0 Å². The van der Waals surface area contributed by atoms with Crippen molar-refractivity contribution >= 4 is 19.0 Å². The highest BCUT2D eigenvalue weighted by molar-refractivity contribution is 6.45. The summed E-state index contributed by atoms with van der Waals surface area (Å²) >= 11 is 0. The van der Waals surface area contributed by atoms with Gasteiger partial charge in [0.05, 0.1) is 18.5 Å². The van der Waals surface area contributed by atoms with E-state index in [1.807, 2.05) is 0 Å². The minimum absolute atomic E-state index is 0.0538. The fourth-order valence-corrected chi connectivity index (χ4v) is 4.09. The van der Waals surface area contributed by atoms with Crippen molar-refractivity contribution in [3.8, 4) is 0 Å². The predicted molar refractivity (Wildman–Crippen MR) is 108 cm³/mol. The van der Waals surface area contributed by atoms with Crippen molar-refractivity contribution in [3.05, 3.63) is 0 Å². The predicted octanol–water partition coefficient (Wildman–Crippen LogP) is 0.681. The Morgan fingerprint density at radius 2 is 1.79 bits per heavy atom. The average molecular weight is 397 g/mol. The van der Waals surface area contributed by atoms with Crippen molar-refractivity contribution in [3.63, 3.8) is 0 Å². The molecule has 1 heterocycles. The first-order valence-electron chi connectivity index (χ1n) is 10.6. The maximum Gasteiger partial charge on any atom is 0.478 e. The first-order chi connectivity index (χ1) is 13.3. The van der Waals surface area contributed by atoms with E-state index < -0.39 is 25.1 Å². The molecular formula is C19H36BN3O5. The lowest BCUT2D eigenvalue weighted by Crippen LogP contribution is -2.53. The van der Waals surface area contributed by atoms with Crippen LogP contribution in [0.25, 0.3) is 0 Å². The summed E-state index contributed by atoms with van der Waals surface area (Å²) in [6.07, 6.45) is 5.17. The molecule has 0 bridgehead atoms. The summed E-state index contributed by atoms with van der Waals surface area (Å²) in [6, 6.07) is 1.04. The highest BCUT2D eigenvalue weighted by Gasteiger charge is 2.37. The molecule has 0 aromatic rings. The van der Waals surface area contributed by atoms with Gasteiger partial charge in [-0.2, -0.15) is 0 Å². The van der Waals surface area contributed by atoms with E-state index in [1.165, 1.54) is 0 Å². The van der Waals surface area contributed by atoms with Crippen molar-refractivity contribution in [2.75, 3.05) is 13.1 Å². The van der Waals surface area contributed by atoms with Crippen molar-refractivity contribution < 1.29 is 24.4 Å². The third kappa shape index (κ3) is 8.47. The van der Waals surface area contributed by atoms with E-state index in [0.29, 0.717) is 37.3 Å². The van der Waals surface area contributed by atoms with Gasteiger partial charge in [0.2, 0.25) is 5.91 Å². The van der Waals surface area contributed by atoms with Gasteiger partial charge in [-0.1, -0.05) is 13.8 Å². The smallest absolute Gasteiger partial charge is 0.478 e. The second-order valence-corrected chi connectivity index (χ2v) is 8.48. The fraction of sp³-hybridized carbons (Fsp3) is 0.895. The van der Waals surface area contributed by atoms with Gasteiger partial charge in [-0.3, -0.25) is 9.59 Å². The largest absolute Gasteiger partial charge is 0.481 e. The van der Waals surface area contributed by atoms with Crippen LogP contribution in [0.4, 0.5) is 0 Å². The molecule has 0 unspecified atom stereocenters. The molecule has 160 valence electrons. The zero-order valence-corrected chi connectivity index (χ0v) is 17.2. The Hall–Kier alpha value is -1.16. The molecule has 0 aromatic heterocycles. The highest BCUT2D eigenvalue weighted by Crippen LogP contribution is 2.27. The van der Waals surface area contributed by atoms with E-state index in [2.05, 4.69) is 29.8 Å². The van der Waals surface area contributed by atoms with Crippen molar-refractivity contribution in [2.24, 2.45) is 5.92 Å². The zero-order valence-electron chi connectivity index (χ0n) is 17.2. The van der Waals surface area contributed by atoms with Gasteiger partial charge in [-0.15, -0.1) is 0 Å². The molecule has 0 aromatic carbocycles. The molecule has 0 radical (unpaired) electrons.